The molecule has 3 heterocycles. The fraction of sp³-hybridized carbons (Fsp3) is 0.200. The summed E-state index contributed by atoms with van der Waals surface area (Å²) in [4.78, 5) is 21.6. The van der Waals surface area contributed by atoms with Gasteiger partial charge >= 0.3 is 0 Å². The molecule has 0 aliphatic rings. The van der Waals surface area contributed by atoms with Crippen molar-refractivity contribution in [3.05, 3.63) is 66.2 Å². The summed E-state index contributed by atoms with van der Waals surface area (Å²) < 4.78 is 1.65. The highest BCUT2D eigenvalue weighted by Gasteiger charge is 2.19. The van der Waals surface area contributed by atoms with Gasteiger partial charge in [0.15, 0.2) is 5.65 Å². The van der Waals surface area contributed by atoms with Crippen molar-refractivity contribution in [3.63, 3.8) is 0 Å². The van der Waals surface area contributed by atoms with E-state index in [1.165, 1.54) is 0 Å². The Labute approximate surface area is 150 Å². The van der Waals surface area contributed by atoms with Crippen molar-refractivity contribution in [2.24, 2.45) is 0 Å². The second-order valence-corrected chi connectivity index (χ2v) is 7.23. The highest BCUT2D eigenvalue weighted by Crippen LogP contribution is 2.23. The molecule has 26 heavy (non-hydrogen) atoms. The monoisotopic (exact) mass is 345 g/mol. The average molecular weight is 345 g/mol. The summed E-state index contributed by atoms with van der Waals surface area (Å²) in [6.45, 7) is 6.28. The zero-order chi connectivity index (χ0) is 18.3. The maximum atomic E-state index is 12.7. The minimum absolute atomic E-state index is 0.0773. The quantitative estimate of drug-likeness (QED) is 0.599. The number of carbonyl (C=O) groups is 1. The average Bonchev–Trinajstić information content (AvgIpc) is 3.06. The molecule has 0 radical (unpaired) electrons. The van der Waals surface area contributed by atoms with Crippen LogP contribution in [0.25, 0.3) is 16.6 Å². The van der Waals surface area contributed by atoms with E-state index in [1.807, 2.05) is 42.6 Å². The van der Waals surface area contributed by atoms with Crippen molar-refractivity contribution in [2.75, 3.05) is 5.32 Å². The predicted molar refractivity (Wildman–Crippen MR) is 101 cm³/mol. The topological polar surface area (TPSA) is 72.2 Å². The number of hydrogen-bond acceptors (Lipinski definition) is 4. The van der Waals surface area contributed by atoms with Crippen LogP contribution in [0.15, 0.2) is 54.9 Å². The van der Waals surface area contributed by atoms with E-state index in [2.05, 4.69) is 41.2 Å². The Morgan fingerprint density at radius 3 is 2.73 bits per heavy atom. The van der Waals surface area contributed by atoms with Crippen molar-refractivity contribution < 1.29 is 4.79 Å². The molecule has 4 rings (SSSR count). The Balaban J connectivity index is 1.67. The summed E-state index contributed by atoms with van der Waals surface area (Å²) in [6.07, 6.45) is 3.60. The number of fused-ring (bicyclic) bond motifs is 2. The van der Waals surface area contributed by atoms with Gasteiger partial charge in [-0.2, -0.15) is 5.10 Å². The summed E-state index contributed by atoms with van der Waals surface area (Å²) >= 11 is 0. The Morgan fingerprint density at radius 2 is 1.92 bits per heavy atom. The van der Waals surface area contributed by atoms with E-state index in [0.717, 1.165) is 22.2 Å². The SMILES string of the molecule is CC(C)(C)c1cn2nc(C(=O)Nc3cccc4ncccc34)ccc2n1. The van der Waals surface area contributed by atoms with Crippen molar-refractivity contribution in [1.82, 2.24) is 19.6 Å². The molecule has 0 saturated carbocycles. The van der Waals surface area contributed by atoms with E-state index in [4.69, 9.17) is 0 Å². The van der Waals surface area contributed by atoms with Gasteiger partial charge in [-0.3, -0.25) is 9.78 Å². The van der Waals surface area contributed by atoms with Gasteiger partial charge in [-0.05, 0) is 36.4 Å². The maximum absolute atomic E-state index is 12.7. The zero-order valence-electron chi connectivity index (χ0n) is 14.9. The van der Waals surface area contributed by atoms with E-state index in [9.17, 15) is 4.79 Å². The van der Waals surface area contributed by atoms with Gasteiger partial charge in [0.1, 0.15) is 5.69 Å². The molecule has 6 heteroatoms. The number of hydrogen-bond donors (Lipinski definition) is 1. The molecule has 0 unspecified atom stereocenters. The van der Waals surface area contributed by atoms with Crippen LogP contribution in [0.4, 0.5) is 5.69 Å². The normalized spacial score (nSPS) is 11.8. The molecule has 0 aliphatic heterocycles. The van der Waals surface area contributed by atoms with Crippen molar-refractivity contribution in [3.8, 4) is 0 Å². The summed E-state index contributed by atoms with van der Waals surface area (Å²) in [7, 11) is 0. The Morgan fingerprint density at radius 1 is 1.08 bits per heavy atom. The summed E-state index contributed by atoms with van der Waals surface area (Å²) in [5.74, 6) is -0.269. The predicted octanol–water partition coefficient (Wildman–Crippen LogP) is 3.83. The summed E-state index contributed by atoms with van der Waals surface area (Å²) in [5.41, 5.74) is 3.45. The van der Waals surface area contributed by atoms with Gasteiger partial charge in [0.25, 0.3) is 5.91 Å². The third-order valence-electron chi connectivity index (χ3n) is 4.21. The van der Waals surface area contributed by atoms with Gasteiger partial charge in [0, 0.05) is 17.0 Å². The first-order valence-corrected chi connectivity index (χ1v) is 8.44. The molecule has 0 bridgehead atoms. The molecule has 0 saturated heterocycles. The van der Waals surface area contributed by atoms with Gasteiger partial charge in [-0.25, -0.2) is 9.50 Å². The standard InChI is InChI=1S/C20H19N5O/c1-20(2,3)17-12-25-18(23-17)10-9-16(24-25)19(26)22-15-8-4-7-14-13(15)6-5-11-21-14/h4-12H,1-3H3,(H,22,26). The van der Waals surface area contributed by atoms with Crippen LogP contribution in [0.2, 0.25) is 0 Å². The molecule has 0 atom stereocenters. The van der Waals surface area contributed by atoms with Crippen molar-refractivity contribution in [2.45, 2.75) is 26.2 Å². The highest BCUT2D eigenvalue weighted by molar-refractivity contribution is 6.07. The molecule has 0 spiro atoms. The molecule has 6 nitrogen and oxygen atoms in total. The third-order valence-corrected chi connectivity index (χ3v) is 4.21. The number of nitrogens with zero attached hydrogens (tertiary/aromatic N) is 4. The lowest BCUT2D eigenvalue weighted by Crippen LogP contribution is -2.15. The maximum Gasteiger partial charge on any atom is 0.276 e. The van der Waals surface area contributed by atoms with Gasteiger partial charge < -0.3 is 5.32 Å². The van der Waals surface area contributed by atoms with Crippen LogP contribution in [-0.2, 0) is 5.41 Å². The second-order valence-electron chi connectivity index (χ2n) is 7.23. The minimum Gasteiger partial charge on any atom is -0.320 e. The fourth-order valence-corrected chi connectivity index (χ4v) is 2.76. The van der Waals surface area contributed by atoms with Crippen molar-refractivity contribution in [1.29, 1.82) is 0 Å². The van der Waals surface area contributed by atoms with E-state index < -0.39 is 0 Å². The van der Waals surface area contributed by atoms with Crippen LogP contribution in [-0.4, -0.2) is 25.5 Å². The van der Waals surface area contributed by atoms with Crippen LogP contribution in [0, 0.1) is 0 Å². The lowest BCUT2D eigenvalue weighted by molar-refractivity contribution is 0.102. The first kappa shape index (κ1) is 16.2. The lowest BCUT2D eigenvalue weighted by Gasteiger charge is -2.13. The molecule has 0 fully saturated rings. The van der Waals surface area contributed by atoms with Gasteiger partial charge in [-0.15, -0.1) is 0 Å². The van der Waals surface area contributed by atoms with E-state index in [0.29, 0.717) is 11.4 Å². The Kier molecular flexibility index (Phi) is 3.68. The second kappa shape index (κ2) is 5.91. The number of aromatic nitrogens is 4. The van der Waals surface area contributed by atoms with Gasteiger partial charge in [0.2, 0.25) is 0 Å². The lowest BCUT2D eigenvalue weighted by atomic mass is 9.93. The van der Waals surface area contributed by atoms with Crippen LogP contribution < -0.4 is 5.32 Å². The van der Waals surface area contributed by atoms with Crippen LogP contribution >= 0.6 is 0 Å². The molecule has 130 valence electrons. The molecular formula is C20H19N5O. The zero-order valence-corrected chi connectivity index (χ0v) is 14.9. The highest BCUT2D eigenvalue weighted by atomic mass is 16.1. The molecule has 1 amide bonds. The smallest absolute Gasteiger partial charge is 0.276 e. The largest absolute Gasteiger partial charge is 0.320 e. The van der Waals surface area contributed by atoms with Crippen LogP contribution in [0.1, 0.15) is 37.0 Å². The number of amides is 1. The van der Waals surface area contributed by atoms with Gasteiger partial charge in [-0.1, -0.05) is 26.8 Å². The number of imidazole rings is 1. The van der Waals surface area contributed by atoms with E-state index >= 15 is 0 Å². The fourth-order valence-electron chi connectivity index (χ4n) is 2.76. The third kappa shape index (κ3) is 2.90. The molecule has 4 aromatic rings. The number of nitrogens with one attached hydrogen (secondary N) is 1. The minimum atomic E-state index is -0.269. The molecular weight excluding hydrogens is 326 g/mol. The van der Waals surface area contributed by atoms with Gasteiger partial charge in [0.05, 0.1) is 23.1 Å². The van der Waals surface area contributed by atoms with Crippen molar-refractivity contribution >= 4 is 28.1 Å². The number of rotatable bonds is 2. The first-order valence-electron chi connectivity index (χ1n) is 8.44. The number of carbonyl (C=O) groups excluding carboxylic acids is 1. The summed E-state index contributed by atoms with van der Waals surface area (Å²) in [6, 6.07) is 12.9. The van der Waals surface area contributed by atoms with E-state index in [1.54, 1.807) is 16.8 Å². The number of benzene rings is 1. The molecule has 1 N–H and O–H groups in total. The number of anilines is 1. The Bertz CT molecular complexity index is 1120. The molecule has 3 aromatic heterocycles. The van der Waals surface area contributed by atoms with Crippen LogP contribution in [0.5, 0.6) is 0 Å². The van der Waals surface area contributed by atoms with Crippen LogP contribution in [0.3, 0.4) is 0 Å². The Hall–Kier alpha value is -3.28. The summed E-state index contributed by atoms with van der Waals surface area (Å²) in [5, 5.41) is 8.23. The number of pyridine rings is 1. The molecule has 1 aromatic carbocycles. The van der Waals surface area contributed by atoms with E-state index in [-0.39, 0.29) is 11.3 Å². The molecule has 0 aliphatic carbocycles. The first-order chi connectivity index (χ1) is 12.4.